The second-order valence-corrected chi connectivity index (χ2v) is 9.65. The summed E-state index contributed by atoms with van der Waals surface area (Å²) >= 11 is 0. The Morgan fingerprint density at radius 1 is 1.09 bits per heavy atom. The number of hydrogen-bond donors (Lipinski definition) is 1. The smallest absolute Gasteiger partial charge is 0.407 e. The number of ketones is 1. The molecule has 6 nitrogen and oxygen atoms in total. The second-order valence-electron chi connectivity index (χ2n) is 9.65. The van der Waals surface area contributed by atoms with Gasteiger partial charge in [0.25, 0.3) is 0 Å². The van der Waals surface area contributed by atoms with E-state index < -0.39 is 6.09 Å². The van der Waals surface area contributed by atoms with Gasteiger partial charge in [-0.3, -0.25) is 4.79 Å². The number of benzene rings is 2. The van der Waals surface area contributed by atoms with E-state index in [0.29, 0.717) is 18.7 Å². The number of quaternary nitrogens is 1. The standard InChI is InChI=1S/C27H28N2O4/c1-32-29-15-21(28-27(31)33-16-17-8-3-2-4-9-17)19-12-7-10-18-14-23(30)25(26(29)24(18)19)20-11-5-6-13-22(20)29/h2-6,8-9,11,13,18-19,21,25H,7,10,12,14-16H2,1H3/p+1. The molecule has 5 unspecified atom stereocenters. The molecular formula is C27H29N2O4+. The van der Waals surface area contributed by atoms with E-state index in [4.69, 9.17) is 9.57 Å². The van der Waals surface area contributed by atoms with Gasteiger partial charge in [0.2, 0.25) is 0 Å². The van der Waals surface area contributed by atoms with Gasteiger partial charge in [0.15, 0.2) is 17.2 Å². The molecule has 170 valence electrons. The summed E-state index contributed by atoms with van der Waals surface area (Å²) in [4.78, 5) is 32.4. The number of para-hydroxylation sites is 1. The molecule has 0 radical (unpaired) electrons. The maximum absolute atomic E-state index is 13.3. The van der Waals surface area contributed by atoms with E-state index in [2.05, 4.69) is 17.4 Å². The predicted molar refractivity (Wildman–Crippen MR) is 124 cm³/mol. The molecule has 6 heteroatoms. The van der Waals surface area contributed by atoms with Crippen molar-refractivity contribution >= 4 is 17.6 Å². The zero-order valence-electron chi connectivity index (χ0n) is 18.8. The molecule has 1 fully saturated rings. The lowest BCUT2D eigenvalue weighted by atomic mass is 9.64. The maximum atomic E-state index is 13.3. The Bertz CT molecular complexity index is 1140. The summed E-state index contributed by atoms with van der Waals surface area (Å²) in [5.74, 6) is 0.542. The molecule has 2 aliphatic heterocycles. The van der Waals surface area contributed by atoms with Crippen LogP contribution in [0, 0.1) is 11.8 Å². The second kappa shape index (κ2) is 7.82. The maximum Gasteiger partial charge on any atom is 0.407 e. The van der Waals surface area contributed by atoms with E-state index >= 15 is 0 Å². The van der Waals surface area contributed by atoms with Crippen molar-refractivity contribution in [3.05, 3.63) is 77.0 Å². The molecular weight excluding hydrogens is 416 g/mol. The van der Waals surface area contributed by atoms with Gasteiger partial charge < -0.3 is 10.1 Å². The average molecular weight is 446 g/mol. The van der Waals surface area contributed by atoms with E-state index in [9.17, 15) is 9.59 Å². The number of ether oxygens (including phenoxy) is 1. The number of alkyl carbamates (subject to hydrolysis) is 1. The van der Waals surface area contributed by atoms with Crippen molar-refractivity contribution in [2.24, 2.45) is 11.8 Å². The monoisotopic (exact) mass is 445 g/mol. The first-order chi connectivity index (χ1) is 16.1. The van der Waals surface area contributed by atoms with E-state index in [-0.39, 0.29) is 35.0 Å². The van der Waals surface area contributed by atoms with Gasteiger partial charge in [-0.15, -0.1) is 4.65 Å². The lowest BCUT2D eigenvalue weighted by molar-refractivity contribution is -0.129. The van der Waals surface area contributed by atoms with Crippen molar-refractivity contribution in [2.75, 3.05) is 13.7 Å². The highest BCUT2D eigenvalue weighted by atomic mass is 16.7. The molecule has 0 bridgehead atoms. The van der Waals surface area contributed by atoms with Crippen molar-refractivity contribution in [1.82, 2.24) is 9.96 Å². The highest BCUT2D eigenvalue weighted by Crippen LogP contribution is 2.60. The van der Waals surface area contributed by atoms with Gasteiger partial charge in [-0.05, 0) is 29.9 Å². The van der Waals surface area contributed by atoms with Crippen molar-refractivity contribution in [1.29, 1.82) is 0 Å². The Labute approximate surface area is 193 Å². The Morgan fingerprint density at radius 2 is 1.88 bits per heavy atom. The van der Waals surface area contributed by atoms with Crippen LogP contribution in [-0.2, 0) is 21.0 Å². The van der Waals surface area contributed by atoms with Gasteiger partial charge in [-0.25, -0.2) is 4.79 Å². The largest absolute Gasteiger partial charge is 0.445 e. The number of hydroxylamine groups is 2. The number of allylic oxidation sites excluding steroid dienone is 1. The zero-order chi connectivity index (χ0) is 22.6. The fourth-order valence-electron chi connectivity index (χ4n) is 6.77. The first-order valence-corrected chi connectivity index (χ1v) is 11.9. The van der Waals surface area contributed by atoms with Gasteiger partial charge in [0.1, 0.15) is 19.1 Å². The minimum atomic E-state index is -0.403. The van der Waals surface area contributed by atoms with Gasteiger partial charge >= 0.3 is 6.09 Å². The summed E-state index contributed by atoms with van der Waals surface area (Å²) in [5.41, 5.74) is 5.52. The molecule has 5 atom stereocenters. The fourth-order valence-corrected chi connectivity index (χ4v) is 6.77. The molecule has 2 aliphatic carbocycles. The van der Waals surface area contributed by atoms with Crippen LogP contribution in [0.1, 0.15) is 42.7 Å². The first-order valence-electron chi connectivity index (χ1n) is 11.9. The van der Waals surface area contributed by atoms with Crippen LogP contribution in [0.15, 0.2) is 65.9 Å². The number of Topliss-reactive ketones (excluding diaryl/α,β-unsaturated/α-hetero) is 1. The average Bonchev–Trinajstić information content (AvgIpc) is 3.15. The molecule has 33 heavy (non-hydrogen) atoms. The summed E-state index contributed by atoms with van der Waals surface area (Å²) in [6.45, 7) is 0.804. The molecule has 1 saturated carbocycles. The molecule has 1 N–H and O–H groups in total. The van der Waals surface area contributed by atoms with Gasteiger partial charge in [0.05, 0.1) is 13.2 Å². The number of rotatable bonds is 4. The van der Waals surface area contributed by atoms with E-state index in [1.807, 2.05) is 42.5 Å². The summed E-state index contributed by atoms with van der Waals surface area (Å²) in [7, 11) is 1.72. The SMILES string of the molecule is CO[N+]12CC(NC(=O)OCc3ccccc3)C3CCCC4CC(=O)C(C1=C43)c1ccccc12. The molecule has 0 aromatic heterocycles. The third-order valence-corrected chi connectivity index (χ3v) is 8.04. The quantitative estimate of drug-likeness (QED) is 0.699. The van der Waals surface area contributed by atoms with Crippen LogP contribution in [0.4, 0.5) is 10.5 Å². The molecule has 0 spiro atoms. The van der Waals surface area contributed by atoms with Crippen LogP contribution in [0.5, 0.6) is 0 Å². The van der Waals surface area contributed by atoms with Gasteiger partial charge in [-0.1, -0.05) is 55.0 Å². The number of nitrogens with one attached hydrogen (secondary N) is 1. The van der Waals surface area contributed by atoms with Crippen LogP contribution >= 0.6 is 0 Å². The molecule has 6 rings (SSSR count). The Morgan fingerprint density at radius 3 is 2.70 bits per heavy atom. The molecule has 2 heterocycles. The third-order valence-electron chi connectivity index (χ3n) is 8.04. The van der Waals surface area contributed by atoms with Crippen molar-refractivity contribution in [2.45, 2.75) is 44.2 Å². The first kappa shape index (κ1) is 20.6. The number of carbonyl (C=O) groups is 2. The Hall–Kier alpha value is -2.96. The summed E-state index contributed by atoms with van der Waals surface area (Å²) < 4.78 is 5.78. The van der Waals surface area contributed by atoms with Gasteiger partial charge in [-0.2, -0.15) is 4.84 Å². The third kappa shape index (κ3) is 3.08. The van der Waals surface area contributed by atoms with Crippen LogP contribution in [-0.4, -0.2) is 31.6 Å². The zero-order valence-corrected chi connectivity index (χ0v) is 18.8. The molecule has 4 aliphatic rings. The number of carbonyl (C=O) groups excluding carboxylic acids is 2. The number of hydrogen-bond acceptors (Lipinski definition) is 4. The van der Waals surface area contributed by atoms with Crippen molar-refractivity contribution in [3.8, 4) is 0 Å². The van der Waals surface area contributed by atoms with Crippen molar-refractivity contribution < 1.29 is 19.2 Å². The highest BCUT2D eigenvalue weighted by molar-refractivity contribution is 5.95. The lowest BCUT2D eigenvalue weighted by Gasteiger charge is -2.48. The van der Waals surface area contributed by atoms with E-state index in [1.54, 1.807) is 7.11 Å². The van der Waals surface area contributed by atoms with Crippen LogP contribution in [0.25, 0.3) is 0 Å². The molecule has 2 aromatic carbocycles. The van der Waals surface area contributed by atoms with Crippen LogP contribution in [0.3, 0.4) is 0 Å². The van der Waals surface area contributed by atoms with Crippen LogP contribution < -0.4 is 9.96 Å². The fraction of sp³-hybridized carbons (Fsp3) is 0.407. The van der Waals surface area contributed by atoms with Crippen LogP contribution in [0.2, 0.25) is 0 Å². The lowest BCUT2D eigenvalue weighted by Crippen LogP contribution is -2.63. The summed E-state index contributed by atoms with van der Waals surface area (Å²) in [6.07, 6.45) is 3.30. The van der Waals surface area contributed by atoms with E-state index in [0.717, 1.165) is 41.8 Å². The number of nitrogens with zero attached hydrogens (tertiary/aromatic N) is 1. The Balaban J connectivity index is 1.36. The number of fused-ring (bicyclic) bond motifs is 3. The Kier molecular flexibility index (Phi) is 4.89. The molecule has 1 amide bonds. The minimum Gasteiger partial charge on any atom is -0.445 e. The van der Waals surface area contributed by atoms with Gasteiger partial charge in [0, 0.05) is 24.0 Å². The molecule has 2 aromatic rings. The normalized spacial score (nSPS) is 31.6. The topological polar surface area (TPSA) is 64.6 Å². The minimum absolute atomic E-state index is 0.116. The molecule has 0 saturated heterocycles. The highest BCUT2D eigenvalue weighted by Gasteiger charge is 2.63. The van der Waals surface area contributed by atoms with E-state index in [1.165, 1.54) is 5.57 Å². The summed E-state index contributed by atoms with van der Waals surface area (Å²) in [5, 5.41) is 3.19. The predicted octanol–water partition coefficient (Wildman–Crippen LogP) is 4.60. The summed E-state index contributed by atoms with van der Waals surface area (Å²) in [6, 6.07) is 17.7. The van der Waals surface area contributed by atoms with Crippen molar-refractivity contribution in [3.63, 3.8) is 0 Å². The number of amides is 1.